The molecule has 2 aliphatic rings. The van der Waals surface area contributed by atoms with Crippen molar-refractivity contribution in [3.63, 3.8) is 0 Å². The van der Waals surface area contributed by atoms with Crippen molar-refractivity contribution in [3.05, 3.63) is 18.0 Å². The lowest BCUT2D eigenvalue weighted by molar-refractivity contribution is 0.107. The van der Waals surface area contributed by atoms with Crippen LogP contribution in [0, 0.1) is 5.92 Å². The molecule has 106 valence electrons. The second-order valence-electron chi connectivity index (χ2n) is 6.37. The molecular weight excluding hydrogens is 236 g/mol. The van der Waals surface area contributed by atoms with Crippen molar-refractivity contribution in [1.29, 1.82) is 0 Å². The Bertz CT molecular complexity index is 412. The quantitative estimate of drug-likeness (QED) is 0.905. The van der Waals surface area contributed by atoms with Gasteiger partial charge in [0.05, 0.1) is 5.69 Å². The molecule has 1 aromatic rings. The molecule has 3 heterocycles. The van der Waals surface area contributed by atoms with E-state index in [0.717, 1.165) is 18.5 Å². The maximum absolute atomic E-state index is 4.67. The van der Waals surface area contributed by atoms with Crippen molar-refractivity contribution in [2.75, 3.05) is 19.6 Å². The molecule has 0 spiro atoms. The summed E-state index contributed by atoms with van der Waals surface area (Å²) in [5.74, 6) is 0.856. The average molecular weight is 262 g/mol. The van der Waals surface area contributed by atoms with Crippen LogP contribution in [0.3, 0.4) is 0 Å². The van der Waals surface area contributed by atoms with E-state index in [4.69, 9.17) is 0 Å². The van der Waals surface area contributed by atoms with Gasteiger partial charge in [-0.05, 0) is 51.6 Å². The number of aromatic nitrogens is 2. The van der Waals surface area contributed by atoms with Crippen molar-refractivity contribution < 1.29 is 0 Å². The van der Waals surface area contributed by atoms with Crippen LogP contribution in [0.2, 0.25) is 0 Å². The fourth-order valence-corrected chi connectivity index (χ4v) is 3.44. The van der Waals surface area contributed by atoms with E-state index in [1.54, 1.807) is 0 Å². The SMILES string of the molecule is CC(C)n1ccc(CN2CCC3NCCCC3C2)n1. The molecule has 0 radical (unpaired) electrons. The molecule has 0 saturated carbocycles. The van der Waals surface area contributed by atoms with Gasteiger partial charge < -0.3 is 5.32 Å². The monoisotopic (exact) mass is 262 g/mol. The molecule has 19 heavy (non-hydrogen) atoms. The molecule has 4 heteroatoms. The van der Waals surface area contributed by atoms with Crippen molar-refractivity contribution in [1.82, 2.24) is 20.0 Å². The first kappa shape index (κ1) is 13.1. The molecular formula is C15H26N4. The van der Waals surface area contributed by atoms with Crippen LogP contribution in [-0.2, 0) is 6.54 Å². The summed E-state index contributed by atoms with van der Waals surface area (Å²) in [7, 11) is 0. The van der Waals surface area contributed by atoms with Gasteiger partial charge in [0.25, 0.3) is 0 Å². The Balaban J connectivity index is 1.57. The summed E-state index contributed by atoms with van der Waals surface area (Å²) in [6.07, 6.45) is 6.15. The minimum atomic E-state index is 0.460. The number of nitrogens with one attached hydrogen (secondary N) is 1. The minimum absolute atomic E-state index is 0.460. The normalized spacial score (nSPS) is 28.6. The number of hydrogen-bond acceptors (Lipinski definition) is 3. The lowest BCUT2D eigenvalue weighted by Crippen LogP contribution is -2.51. The highest BCUT2D eigenvalue weighted by molar-refractivity contribution is 5.00. The topological polar surface area (TPSA) is 33.1 Å². The van der Waals surface area contributed by atoms with Gasteiger partial charge in [-0.2, -0.15) is 5.10 Å². The van der Waals surface area contributed by atoms with E-state index in [1.807, 2.05) is 0 Å². The molecule has 2 unspecified atom stereocenters. The van der Waals surface area contributed by atoms with Crippen molar-refractivity contribution >= 4 is 0 Å². The number of rotatable bonds is 3. The molecule has 2 atom stereocenters. The van der Waals surface area contributed by atoms with Crippen LogP contribution in [0.1, 0.15) is 44.8 Å². The fraction of sp³-hybridized carbons (Fsp3) is 0.800. The molecule has 1 N–H and O–H groups in total. The molecule has 0 aromatic carbocycles. The first-order valence-corrected chi connectivity index (χ1v) is 7.72. The lowest BCUT2D eigenvalue weighted by Gasteiger charge is -2.41. The van der Waals surface area contributed by atoms with Crippen LogP contribution >= 0.6 is 0 Å². The fourth-order valence-electron chi connectivity index (χ4n) is 3.44. The maximum atomic E-state index is 4.67. The largest absolute Gasteiger partial charge is 0.314 e. The summed E-state index contributed by atoms with van der Waals surface area (Å²) in [5, 5.41) is 8.35. The van der Waals surface area contributed by atoms with Crippen LogP contribution in [-0.4, -0.2) is 40.4 Å². The van der Waals surface area contributed by atoms with Crippen molar-refractivity contribution in [2.45, 2.75) is 51.7 Å². The summed E-state index contributed by atoms with van der Waals surface area (Å²) in [6.45, 7) is 9.05. The maximum Gasteiger partial charge on any atom is 0.0764 e. The number of likely N-dealkylation sites (tertiary alicyclic amines) is 1. The molecule has 4 nitrogen and oxygen atoms in total. The minimum Gasteiger partial charge on any atom is -0.314 e. The van der Waals surface area contributed by atoms with E-state index >= 15 is 0 Å². The van der Waals surface area contributed by atoms with E-state index in [9.17, 15) is 0 Å². The standard InChI is InChI=1S/C15H26N4/c1-12(2)19-9-5-14(17-19)11-18-8-6-15-13(10-18)4-3-7-16-15/h5,9,12-13,15-16H,3-4,6-8,10-11H2,1-2H3. The number of piperidine rings is 2. The number of fused-ring (bicyclic) bond motifs is 1. The Labute approximate surface area is 116 Å². The van der Waals surface area contributed by atoms with Crippen LogP contribution in [0.25, 0.3) is 0 Å². The molecule has 0 aliphatic carbocycles. The summed E-state index contributed by atoms with van der Waals surface area (Å²) >= 11 is 0. The Morgan fingerprint density at radius 1 is 1.42 bits per heavy atom. The lowest BCUT2D eigenvalue weighted by atomic mass is 9.85. The van der Waals surface area contributed by atoms with Crippen molar-refractivity contribution in [3.8, 4) is 0 Å². The number of nitrogens with zero attached hydrogens (tertiary/aromatic N) is 3. The van der Waals surface area contributed by atoms with Crippen LogP contribution in [0.5, 0.6) is 0 Å². The molecule has 3 rings (SSSR count). The molecule has 2 fully saturated rings. The summed E-state index contributed by atoms with van der Waals surface area (Å²) < 4.78 is 2.06. The number of hydrogen-bond donors (Lipinski definition) is 1. The Morgan fingerprint density at radius 2 is 2.32 bits per heavy atom. The van der Waals surface area contributed by atoms with Gasteiger partial charge >= 0.3 is 0 Å². The first-order chi connectivity index (χ1) is 9.22. The van der Waals surface area contributed by atoms with Gasteiger partial charge in [0, 0.05) is 37.9 Å². The van der Waals surface area contributed by atoms with E-state index in [1.165, 1.54) is 44.6 Å². The van der Waals surface area contributed by atoms with Crippen LogP contribution in [0.15, 0.2) is 12.3 Å². The summed E-state index contributed by atoms with van der Waals surface area (Å²) in [5.41, 5.74) is 1.22. The molecule has 2 aliphatic heterocycles. The highest BCUT2D eigenvalue weighted by atomic mass is 15.3. The van der Waals surface area contributed by atoms with Gasteiger partial charge in [-0.15, -0.1) is 0 Å². The predicted molar refractivity (Wildman–Crippen MR) is 77.0 cm³/mol. The van der Waals surface area contributed by atoms with Gasteiger partial charge in [-0.25, -0.2) is 0 Å². The predicted octanol–water partition coefficient (Wildman–Crippen LogP) is 2.04. The van der Waals surface area contributed by atoms with Gasteiger partial charge in [-0.1, -0.05) is 0 Å². The van der Waals surface area contributed by atoms with E-state index in [2.05, 4.69) is 46.1 Å². The molecule has 0 amide bonds. The van der Waals surface area contributed by atoms with Gasteiger partial charge in [0.15, 0.2) is 0 Å². The second-order valence-corrected chi connectivity index (χ2v) is 6.37. The van der Waals surface area contributed by atoms with E-state index < -0.39 is 0 Å². The highest BCUT2D eigenvalue weighted by Gasteiger charge is 2.30. The van der Waals surface area contributed by atoms with Crippen LogP contribution in [0.4, 0.5) is 0 Å². The summed E-state index contributed by atoms with van der Waals surface area (Å²) in [6, 6.07) is 3.41. The molecule has 1 aromatic heterocycles. The second kappa shape index (κ2) is 5.63. The Hall–Kier alpha value is -0.870. The van der Waals surface area contributed by atoms with Crippen molar-refractivity contribution in [2.24, 2.45) is 5.92 Å². The smallest absolute Gasteiger partial charge is 0.0764 e. The Morgan fingerprint density at radius 3 is 3.11 bits per heavy atom. The zero-order chi connectivity index (χ0) is 13.2. The third kappa shape index (κ3) is 3.00. The average Bonchev–Trinajstić information content (AvgIpc) is 2.87. The van der Waals surface area contributed by atoms with E-state index in [-0.39, 0.29) is 0 Å². The first-order valence-electron chi connectivity index (χ1n) is 7.72. The van der Waals surface area contributed by atoms with Gasteiger partial charge in [0.2, 0.25) is 0 Å². The molecule has 0 bridgehead atoms. The zero-order valence-electron chi connectivity index (χ0n) is 12.2. The van der Waals surface area contributed by atoms with E-state index in [0.29, 0.717) is 6.04 Å². The molecule has 2 saturated heterocycles. The van der Waals surface area contributed by atoms with Gasteiger partial charge in [-0.3, -0.25) is 9.58 Å². The Kier molecular flexibility index (Phi) is 3.89. The van der Waals surface area contributed by atoms with Gasteiger partial charge in [0.1, 0.15) is 0 Å². The third-order valence-corrected chi connectivity index (χ3v) is 4.55. The summed E-state index contributed by atoms with van der Waals surface area (Å²) in [4.78, 5) is 2.58. The highest BCUT2D eigenvalue weighted by Crippen LogP contribution is 2.25. The zero-order valence-corrected chi connectivity index (χ0v) is 12.2. The van der Waals surface area contributed by atoms with Crippen LogP contribution < -0.4 is 5.32 Å². The third-order valence-electron chi connectivity index (χ3n) is 4.55.